The SMILES string of the molecule is Fc1cccnc1-c1ccc2ccncc2n1. The number of rotatable bonds is 1. The van der Waals surface area contributed by atoms with Crippen molar-refractivity contribution in [2.45, 2.75) is 0 Å². The quantitative estimate of drug-likeness (QED) is 0.639. The van der Waals surface area contributed by atoms with E-state index in [-0.39, 0.29) is 11.5 Å². The summed E-state index contributed by atoms with van der Waals surface area (Å²) >= 11 is 0. The van der Waals surface area contributed by atoms with Gasteiger partial charge in [0.1, 0.15) is 5.69 Å². The number of fused-ring (bicyclic) bond motifs is 1. The number of hydrogen-bond donors (Lipinski definition) is 0. The van der Waals surface area contributed by atoms with Crippen LogP contribution in [0, 0.1) is 5.82 Å². The summed E-state index contributed by atoms with van der Waals surface area (Å²) in [6.07, 6.45) is 4.90. The minimum atomic E-state index is -0.372. The number of aromatic nitrogens is 3. The van der Waals surface area contributed by atoms with Crippen molar-refractivity contribution in [2.75, 3.05) is 0 Å². The predicted octanol–water partition coefficient (Wildman–Crippen LogP) is 2.83. The van der Waals surface area contributed by atoms with Gasteiger partial charge in [0.15, 0.2) is 5.82 Å². The molecule has 0 spiro atoms. The molecule has 82 valence electrons. The first-order valence-corrected chi connectivity index (χ1v) is 5.16. The number of pyridine rings is 3. The lowest BCUT2D eigenvalue weighted by Crippen LogP contribution is -1.92. The summed E-state index contributed by atoms with van der Waals surface area (Å²) in [7, 11) is 0. The lowest BCUT2D eigenvalue weighted by Gasteiger charge is -2.02. The molecule has 0 radical (unpaired) electrons. The zero-order valence-corrected chi connectivity index (χ0v) is 8.84. The van der Waals surface area contributed by atoms with Gasteiger partial charge in [0.25, 0.3) is 0 Å². The summed E-state index contributed by atoms with van der Waals surface area (Å²) in [4.78, 5) is 12.3. The van der Waals surface area contributed by atoms with Crippen LogP contribution in [-0.4, -0.2) is 15.0 Å². The van der Waals surface area contributed by atoms with Crippen LogP contribution in [0.2, 0.25) is 0 Å². The van der Waals surface area contributed by atoms with Crippen molar-refractivity contribution in [3.05, 3.63) is 54.7 Å². The Labute approximate surface area is 97.0 Å². The van der Waals surface area contributed by atoms with Crippen molar-refractivity contribution in [1.82, 2.24) is 15.0 Å². The molecular weight excluding hydrogens is 217 g/mol. The molecule has 0 unspecified atom stereocenters. The lowest BCUT2D eigenvalue weighted by molar-refractivity contribution is 0.625. The first-order chi connectivity index (χ1) is 8.34. The van der Waals surface area contributed by atoms with Crippen molar-refractivity contribution in [3.63, 3.8) is 0 Å². The van der Waals surface area contributed by atoms with Gasteiger partial charge >= 0.3 is 0 Å². The molecule has 4 heteroatoms. The molecule has 17 heavy (non-hydrogen) atoms. The molecule has 0 saturated heterocycles. The average Bonchev–Trinajstić information content (AvgIpc) is 2.39. The van der Waals surface area contributed by atoms with Crippen molar-refractivity contribution in [2.24, 2.45) is 0 Å². The first kappa shape index (κ1) is 9.84. The molecule has 0 amide bonds. The van der Waals surface area contributed by atoms with Crippen LogP contribution in [0.3, 0.4) is 0 Å². The topological polar surface area (TPSA) is 38.7 Å². The van der Waals surface area contributed by atoms with Crippen LogP contribution >= 0.6 is 0 Å². The molecule has 3 nitrogen and oxygen atoms in total. The fraction of sp³-hybridized carbons (Fsp3) is 0. The third-order valence-corrected chi connectivity index (χ3v) is 2.50. The van der Waals surface area contributed by atoms with Gasteiger partial charge < -0.3 is 0 Å². The average molecular weight is 225 g/mol. The van der Waals surface area contributed by atoms with E-state index in [1.807, 2.05) is 12.1 Å². The van der Waals surface area contributed by atoms with Crippen LogP contribution in [0.4, 0.5) is 4.39 Å². The predicted molar refractivity (Wildman–Crippen MR) is 62.7 cm³/mol. The van der Waals surface area contributed by atoms with E-state index in [1.54, 1.807) is 30.7 Å². The second kappa shape index (κ2) is 3.90. The Morgan fingerprint density at radius 3 is 2.82 bits per heavy atom. The standard InChI is InChI=1S/C13H8FN3/c14-10-2-1-6-16-13(10)11-4-3-9-5-7-15-8-12(9)17-11/h1-8H. The van der Waals surface area contributed by atoms with E-state index >= 15 is 0 Å². The Bertz CT molecular complexity index is 682. The molecule has 0 N–H and O–H groups in total. The smallest absolute Gasteiger partial charge is 0.151 e. The van der Waals surface area contributed by atoms with E-state index in [2.05, 4.69) is 15.0 Å². The van der Waals surface area contributed by atoms with Crippen LogP contribution in [0.5, 0.6) is 0 Å². The zero-order valence-electron chi connectivity index (χ0n) is 8.84. The molecule has 0 aliphatic heterocycles. The van der Waals surface area contributed by atoms with Crippen LogP contribution in [0.1, 0.15) is 0 Å². The maximum Gasteiger partial charge on any atom is 0.151 e. The van der Waals surface area contributed by atoms with Crippen LogP contribution in [0.25, 0.3) is 22.3 Å². The van der Waals surface area contributed by atoms with E-state index in [0.717, 1.165) is 10.9 Å². The third-order valence-electron chi connectivity index (χ3n) is 2.50. The van der Waals surface area contributed by atoms with Gasteiger partial charge in [-0.15, -0.1) is 0 Å². The van der Waals surface area contributed by atoms with Crippen molar-refractivity contribution in [1.29, 1.82) is 0 Å². The van der Waals surface area contributed by atoms with E-state index in [1.165, 1.54) is 6.07 Å². The number of halogens is 1. The van der Waals surface area contributed by atoms with Gasteiger partial charge in [-0.25, -0.2) is 9.37 Å². The molecule has 3 aromatic heterocycles. The van der Waals surface area contributed by atoms with E-state index < -0.39 is 0 Å². The summed E-state index contributed by atoms with van der Waals surface area (Å²) in [5.74, 6) is -0.372. The Morgan fingerprint density at radius 1 is 1.00 bits per heavy atom. The molecule has 3 heterocycles. The summed E-state index contributed by atoms with van der Waals surface area (Å²) in [6.45, 7) is 0. The monoisotopic (exact) mass is 225 g/mol. The number of nitrogens with zero attached hydrogens (tertiary/aromatic N) is 3. The highest BCUT2D eigenvalue weighted by Crippen LogP contribution is 2.20. The molecule has 3 aromatic rings. The van der Waals surface area contributed by atoms with Crippen LogP contribution < -0.4 is 0 Å². The van der Waals surface area contributed by atoms with Gasteiger partial charge in [-0.05, 0) is 24.3 Å². The third kappa shape index (κ3) is 1.73. The van der Waals surface area contributed by atoms with Gasteiger partial charge in [-0.2, -0.15) is 0 Å². The maximum absolute atomic E-state index is 13.6. The summed E-state index contributed by atoms with van der Waals surface area (Å²) < 4.78 is 13.6. The molecule has 0 aromatic carbocycles. The van der Waals surface area contributed by atoms with Gasteiger partial charge in [0, 0.05) is 17.8 Å². The molecule has 0 bridgehead atoms. The fourth-order valence-electron chi connectivity index (χ4n) is 1.67. The highest BCUT2D eigenvalue weighted by atomic mass is 19.1. The normalized spacial score (nSPS) is 10.6. The highest BCUT2D eigenvalue weighted by molar-refractivity contribution is 5.80. The molecule has 3 rings (SSSR count). The summed E-state index contributed by atoms with van der Waals surface area (Å²) in [5.41, 5.74) is 1.51. The first-order valence-electron chi connectivity index (χ1n) is 5.16. The lowest BCUT2D eigenvalue weighted by atomic mass is 10.2. The van der Waals surface area contributed by atoms with Gasteiger partial charge in [-0.1, -0.05) is 6.07 Å². The van der Waals surface area contributed by atoms with Crippen molar-refractivity contribution in [3.8, 4) is 11.4 Å². The molecule has 0 saturated carbocycles. The van der Waals surface area contributed by atoms with Crippen molar-refractivity contribution >= 4 is 10.9 Å². The number of hydrogen-bond acceptors (Lipinski definition) is 3. The molecular formula is C13H8FN3. The minimum Gasteiger partial charge on any atom is -0.262 e. The molecule has 0 atom stereocenters. The van der Waals surface area contributed by atoms with Gasteiger partial charge in [0.2, 0.25) is 0 Å². The molecule has 0 aliphatic rings. The van der Waals surface area contributed by atoms with Gasteiger partial charge in [0.05, 0.1) is 17.4 Å². The second-order valence-electron chi connectivity index (χ2n) is 3.60. The largest absolute Gasteiger partial charge is 0.262 e. The Balaban J connectivity index is 2.22. The summed E-state index contributed by atoms with van der Waals surface area (Å²) in [6, 6.07) is 8.43. The van der Waals surface area contributed by atoms with Crippen molar-refractivity contribution < 1.29 is 4.39 Å². The second-order valence-corrected chi connectivity index (χ2v) is 3.60. The Kier molecular flexibility index (Phi) is 2.26. The molecule has 0 aliphatic carbocycles. The fourth-order valence-corrected chi connectivity index (χ4v) is 1.67. The zero-order chi connectivity index (χ0) is 11.7. The van der Waals surface area contributed by atoms with Gasteiger partial charge in [-0.3, -0.25) is 9.97 Å². The highest BCUT2D eigenvalue weighted by Gasteiger charge is 2.07. The maximum atomic E-state index is 13.6. The Hall–Kier alpha value is -2.36. The molecule has 0 fully saturated rings. The van der Waals surface area contributed by atoms with Crippen LogP contribution in [0.15, 0.2) is 48.9 Å². The minimum absolute atomic E-state index is 0.262. The van der Waals surface area contributed by atoms with E-state index in [4.69, 9.17) is 0 Å². The summed E-state index contributed by atoms with van der Waals surface area (Å²) in [5, 5.41) is 0.972. The Morgan fingerprint density at radius 2 is 1.94 bits per heavy atom. The van der Waals surface area contributed by atoms with Crippen LogP contribution in [-0.2, 0) is 0 Å². The van der Waals surface area contributed by atoms with E-state index in [9.17, 15) is 4.39 Å². The van der Waals surface area contributed by atoms with E-state index in [0.29, 0.717) is 5.69 Å².